The van der Waals surface area contributed by atoms with Crippen LogP contribution in [-0.2, 0) is 29.4 Å². The van der Waals surface area contributed by atoms with Crippen molar-refractivity contribution in [2.45, 2.75) is 19.4 Å². The Labute approximate surface area is 148 Å². The van der Waals surface area contributed by atoms with Gasteiger partial charge in [0.25, 0.3) is 0 Å². The van der Waals surface area contributed by atoms with Gasteiger partial charge in [0.05, 0.1) is 5.75 Å². The summed E-state index contributed by atoms with van der Waals surface area (Å²) < 4.78 is 24.6. The van der Waals surface area contributed by atoms with Gasteiger partial charge in [-0.05, 0) is 48.2 Å². The van der Waals surface area contributed by atoms with Gasteiger partial charge in [-0.15, -0.1) is 0 Å². The maximum Gasteiger partial charge on any atom is 0.209 e. The molecule has 6 heteroatoms. The number of nitrogens with two attached hydrogens (primary N) is 2. The lowest BCUT2D eigenvalue weighted by Crippen LogP contribution is -2.17. The van der Waals surface area contributed by atoms with Gasteiger partial charge in [0.2, 0.25) is 10.0 Å². The summed E-state index contributed by atoms with van der Waals surface area (Å²) in [5.41, 5.74) is 10.3. The van der Waals surface area contributed by atoms with Gasteiger partial charge in [-0.2, -0.15) is 0 Å². The topological polar surface area (TPSA) is 91.1 Å². The zero-order valence-electron chi connectivity index (χ0n) is 14.1. The third kappa shape index (κ3) is 4.48. The molecule has 0 aliphatic rings. The molecule has 1 aromatic heterocycles. The Hall–Kier alpha value is -2.15. The van der Waals surface area contributed by atoms with Crippen LogP contribution in [0.1, 0.15) is 16.7 Å². The minimum Gasteiger partial charge on any atom is -0.343 e. The summed E-state index contributed by atoms with van der Waals surface area (Å²) in [5, 5.41) is 6.25. The van der Waals surface area contributed by atoms with Crippen LogP contribution in [0.4, 0.5) is 0 Å². The van der Waals surface area contributed by atoms with E-state index in [2.05, 4.69) is 35.0 Å². The lowest BCUT2D eigenvalue weighted by Gasteiger charge is -2.06. The molecule has 132 valence electrons. The first-order valence-corrected chi connectivity index (χ1v) is 10.0. The number of nitrogens with zero attached hydrogens (tertiary/aromatic N) is 1. The molecule has 0 bridgehead atoms. The fraction of sp³-hybridized carbons (Fsp3) is 0.263. The van der Waals surface area contributed by atoms with Crippen molar-refractivity contribution in [3.63, 3.8) is 0 Å². The van der Waals surface area contributed by atoms with E-state index in [0.29, 0.717) is 13.0 Å². The number of rotatable bonds is 7. The predicted molar refractivity (Wildman–Crippen MR) is 102 cm³/mol. The molecule has 3 aromatic rings. The second kappa shape index (κ2) is 7.39. The molecule has 1 heterocycles. The van der Waals surface area contributed by atoms with Crippen molar-refractivity contribution in [2.75, 3.05) is 12.3 Å². The smallest absolute Gasteiger partial charge is 0.209 e. The predicted octanol–water partition coefficient (Wildman–Crippen LogP) is 2.02. The third-order valence-corrected chi connectivity index (χ3v) is 5.09. The summed E-state index contributed by atoms with van der Waals surface area (Å²) in [6, 6.07) is 16.4. The second-order valence-corrected chi connectivity index (χ2v) is 8.01. The van der Waals surface area contributed by atoms with Crippen LogP contribution in [0.15, 0.2) is 54.7 Å². The molecule has 0 saturated carbocycles. The SMILES string of the molecule is NCCc1cn(Cc2ccccc2)c2ccc(CCS(N)(=O)=O)cc12. The summed E-state index contributed by atoms with van der Waals surface area (Å²) in [7, 11) is -3.46. The molecular weight excluding hydrogens is 334 g/mol. The Morgan fingerprint density at radius 3 is 2.40 bits per heavy atom. The van der Waals surface area contributed by atoms with Gasteiger partial charge >= 0.3 is 0 Å². The van der Waals surface area contributed by atoms with Gasteiger partial charge in [-0.1, -0.05) is 36.4 Å². The molecule has 25 heavy (non-hydrogen) atoms. The van der Waals surface area contributed by atoms with Crippen molar-refractivity contribution in [1.82, 2.24) is 4.57 Å². The van der Waals surface area contributed by atoms with Crippen molar-refractivity contribution >= 4 is 20.9 Å². The van der Waals surface area contributed by atoms with E-state index in [0.717, 1.165) is 29.4 Å². The zero-order chi connectivity index (χ0) is 17.9. The highest BCUT2D eigenvalue weighted by Crippen LogP contribution is 2.24. The maximum atomic E-state index is 11.2. The first-order chi connectivity index (χ1) is 12.0. The molecule has 0 amide bonds. The summed E-state index contributed by atoms with van der Waals surface area (Å²) in [5.74, 6) is -0.0462. The molecule has 3 rings (SSSR count). The minimum atomic E-state index is -3.46. The van der Waals surface area contributed by atoms with Crippen LogP contribution in [-0.4, -0.2) is 25.3 Å². The Balaban J connectivity index is 1.96. The number of aromatic nitrogens is 1. The monoisotopic (exact) mass is 357 g/mol. The molecule has 0 aliphatic carbocycles. The summed E-state index contributed by atoms with van der Waals surface area (Å²) in [6.45, 7) is 1.37. The lowest BCUT2D eigenvalue weighted by atomic mass is 10.1. The summed E-state index contributed by atoms with van der Waals surface area (Å²) in [6.07, 6.45) is 3.35. The minimum absolute atomic E-state index is 0.0462. The second-order valence-electron chi connectivity index (χ2n) is 6.27. The number of benzene rings is 2. The number of aryl methyl sites for hydroxylation is 1. The van der Waals surface area contributed by atoms with E-state index in [1.807, 2.05) is 24.3 Å². The van der Waals surface area contributed by atoms with Gasteiger partial charge in [0.15, 0.2) is 0 Å². The van der Waals surface area contributed by atoms with E-state index in [1.165, 1.54) is 11.1 Å². The Kier molecular flexibility index (Phi) is 5.22. The molecule has 2 aromatic carbocycles. The standard InChI is InChI=1S/C19H23N3O2S/c20-10-8-17-14-22(13-16-4-2-1-3-5-16)19-7-6-15(12-18(17)19)9-11-25(21,23)24/h1-7,12,14H,8-11,13,20H2,(H2,21,23,24). The molecule has 0 atom stereocenters. The number of sulfonamides is 1. The van der Waals surface area contributed by atoms with Crippen molar-refractivity contribution in [2.24, 2.45) is 10.9 Å². The maximum absolute atomic E-state index is 11.2. The van der Waals surface area contributed by atoms with Gasteiger partial charge < -0.3 is 10.3 Å². The number of primary sulfonamides is 1. The first-order valence-electron chi connectivity index (χ1n) is 8.31. The number of hydrogen-bond donors (Lipinski definition) is 2. The highest BCUT2D eigenvalue weighted by Gasteiger charge is 2.11. The first kappa shape index (κ1) is 17.7. The molecule has 0 aliphatic heterocycles. The van der Waals surface area contributed by atoms with Crippen LogP contribution in [0.2, 0.25) is 0 Å². The van der Waals surface area contributed by atoms with E-state index < -0.39 is 10.0 Å². The van der Waals surface area contributed by atoms with E-state index in [9.17, 15) is 8.42 Å². The van der Waals surface area contributed by atoms with Gasteiger partial charge in [0.1, 0.15) is 0 Å². The normalized spacial score (nSPS) is 11.9. The molecule has 0 radical (unpaired) electrons. The highest BCUT2D eigenvalue weighted by molar-refractivity contribution is 7.89. The van der Waals surface area contributed by atoms with E-state index in [1.54, 1.807) is 0 Å². The van der Waals surface area contributed by atoms with Crippen molar-refractivity contribution < 1.29 is 8.42 Å². The number of hydrogen-bond acceptors (Lipinski definition) is 3. The quantitative estimate of drug-likeness (QED) is 0.678. The Morgan fingerprint density at radius 1 is 0.960 bits per heavy atom. The molecular formula is C19H23N3O2S. The van der Waals surface area contributed by atoms with Crippen molar-refractivity contribution in [3.05, 3.63) is 71.4 Å². The van der Waals surface area contributed by atoms with Crippen LogP contribution < -0.4 is 10.9 Å². The van der Waals surface area contributed by atoms with Crippen molar-refractivity contribution in [1.29, 1.82) is 0 Å². The number of fused-ring (bicyclic) bond motifs is 1. The fourth-order valence-corrected chi connectivity index (χ4v) is 3.62. The van der Waals surface area contributed by atoms with Crippen LogP contribution in [0, 0.1) is 0 Å². The largest absolute Gasteiger partial charge is 0.343 e. The van der Waals surface area contributed by atoms with Gasteiger partial charge in [-0.25, -0.2) is 13.6 Å². The van der Waals surface area contributed by atoms with Crippen molar-refractivity contribution in [3.8, 4) is 0 Å². The molecule has 0 spiro atoms. The van der Waals surface area contributed by atoms with Crippen LogP contribution in [0.3, 0.4) is 0 Å². The highest BCUT2D eigenvalue weighted by atomic mass is 32.2. The molecule has 5 nitrogen and oxygen atoms in total. The Bertz CT molecular complexity index is 963. The van der Waals surface area contributed by atoms with Crippen LogP contribution in [0.5, 0.6) is 0 Å². The van der Waals surface area contributed by atoms with Crippen LogP contribution >= 0.6 is 0 Å². The average Bonchev–Trinajstić information content (AvgIpc) is 2.91. The fourth-order valence-electron chi connectivity index (χ4n) is 3.10. The van der Waals surface area contributed by atoms with E-state index >= 15 is 0 Å². The molecule has 0 unspecified atom stereocenters. The Morgan fingerprint density at radius 2 is 1.72 bits per heavy atom. The van der Waals surface area contributed by atoms with Gasteiger partial charge in [0, 0.05) is 23.6 Å². The molecule has 0 saturated heterocycles. The van der Waals surface area contributed by atoms with Gasteiger partial charge in [-0.3, -0.25) is 0 Å². The average molecular weight is 357 g/mol. The molecule has 0 fully saturated rings. The third-order valence-electron chi connectivity index (χ3n) is 4.31. The van der Waals surface area contributed by atoms with E-state index in [4.69, 9.17) is 10.9 Å². The summed E-state index contributed by atoms with van der Waals surface area (Å²) in [4.78, 5) is 0. The summed E-state index contributed by atoms with van der Waals surface area (Å²) >= 11 is 0. The lowest BCUT2D eigenvalue weighted by molar-refractivity contribution is 0.597. The van der Waals surface area contributed by atoms with E-state index in [-0.39, 0.29) is 5.75 Å². The van der Waals surface area contributed by atoms with Crippen LogP contribution in [0.25, 0.3) is 10.9 Å². The zero-order valence-corrected chi connectivity index (χ0v) is 14.9. The molecule has 4 N–H and O–H groups in total.